The van der Waals surface area contributed by atoms with Crippen molar-refractivity contribution in [1.82, 2.24) is 0 Å². The summed E-state index contributed by atoms with van der Waals surface area (Å²) in [6.07, 6.45) is 1.01. The number of hydrogen-bond acceptors (Lipinski definition) is 1. The molecule has 0 unspecified atom stereocenters. The molecule has 2 heteroatoms. The van der Waals surface area contributed by atoms with Crippen molar-refractivity contribution in [3.8, 4) is 11.1 Å². The zero-order valence-corrected chi connectivity index (χ0v) is 11.3. The highest BCUT2D eigenvalue weighted by molar-refractivity contribution is 6.34. The van der Waals surface area contributed by atoms with E-state index in [0.29, 0.717) is 10.6 Å². The lowest BCUT2D eigenvalue weighted by Crippen LogP contribution is -1.93. The summed E-state index contributed by atoms with van der Waals surface area (Å²) in [4.78, 5) is 11.3. The molecule has 0 aromatic heterocycles. The number of carbonyl (C=O) groups excluding carboxylic acids is 1. The topological polar surface area (TPSA) is 17.1 Å². The minimum Gasteiger partial charge on any atom is -0.294 e. The van der Waals surface area contributed by atoms with Gasteiger partial charge in [-0.2, -0.15) is 0 Å². The van der Waals surface area contributed by atoms with Gasteiger partial charge in [0.25, 0.3) is 0 Å². The molecule has 0 aliphatic carbocycles. The average Bonchev–Trinajstić information content (AvgIpc) is 2.38. The quantitative estimate of drug-likeness (QED) is 0.725. The minimum atomic E-state index is -0.00569. The van der Waals surface area contributed by atoms with Gasteiger partial charge in [0.05, 0.1) is 5.02 Å². The van der Waals surface area contributed by atoms with Gasteiger partial charge in [-0.15, -0.1) is 0 Å². The van der Waals surface area contributed by atoms with Gasteiger partial charge in [-0.05, 0) is 42.2 Å². The Hall–Kier alpha value is -1.60. The lowest BCUT2D eigenvalue weighted by atomic mass is 10.00. The summed E-state index contributed by atoms with van der Waals surface area (Å²) in [5.74, 6) is -0.00569. The average molecular weight is 259 g/mol. The first-order valence-corrected chi connectivity index (χ1v) is 6.39. The molecule has 2 rings (SSSR count). The SMILES string of the molecule is CCc1cccc(-c2ccc(C(C)=O)c(Cl)c2)c1. The lowest BCUT2D eigenvalue weighted by Gasteiger charge is -2.06. The molecule has 0 radical (unpaired) electrons. The number of benzene rings is 2. The smallest absolute Gasteiger partial charge is 0.161 e. The summed E-state index contributed by atoms with van der Waals surface area (Å²) in [5, 5.41) is 0.516. The molecule has 0 saturated heterocycles. The van der Waals surface area contributed by atoms with Crippen LogP contribution in [0, 0.1) is 0 Å². The van der Waals surface area contributed by atoms with Crippen LogP contribution in [0.3, 0.4) is 0 Å². The molecule has 0 saturated carbocycles. The second kappa shape index (κ2) is 5.36. The van der Waals surface area contributed by atoms with Gasteiger partial charge in [0.1, 0.15) is 0 Å². The predicted molar refractivity (Wildman–Crippen MR) is 76.3 cm³/mol. The van der Waals surface area contributed by atoms with Gasteiger partial charge in [0.15, 0.2) is 5.78 Å². The number of ketones is 1. The molecule has 1 nitrogen and oxygen atoms in total. The van der Waals surface area contributed by atoms with E-state index in [4.69, 9.17) is 11.6 Å². The van der Waals surface area contributed by atoms with Crippen LogP contribution < -0.4 is 0 Å². The highest BCUT2D eigenvalue weighted by Gasteiger charge is 2.07. The van der Waals surface area contributed by atoms with Crippen LogP contribution in [-0.2, 0) is 6.42 Å². The number of halogens is 1. The Bertz CT molecular complexity index is 587. The molecule has 0 spiro atoms. The zero-order valence-electron chi connectivity index (χ0n) is 10.5. The third-order valence-electron chi connectivity index (χ3n) is 3.02. The molecule has 0 aliphatic heterocycles. The van der Waals surface area contributed by atoms with Gasteiger partial charge in [0.2, 0.25) is 0 Å². The molecule has 92 valence electrons. The molecule has 0 heterocycles. The fraction of sp³-hybridized carbons (Fsp3) is 0.188. The molecular weight excluding hydrogens is 244 g/mol. The van der Waals surface area contributed by atoms with Gasteiger partial charge in [-0.25, -0.2) is 0 Å². The standard InChI is InChI=1S/C16H15ClO/c1-3-12-5-4-6-13(9-12)14-7-8-15(11(2)18)16(17)10-14/h4-10H,3H2,1-2H3. The van der Waals surface area contributed by atoms with Crippen molar-refractivity contribution < 1.29 is 4.79 Å². The van der Waals surface area contributed by atoms with Crippen LogP contribution in [0.2, 0.25) is 5.02 Å². The van der Waals surface area contributed by atoms with Crippen molar-refractivity contribution in [2.24, 2.45) is 0 Å². The number of rotatable bonds is 3. The van der Waals surface area contributed by atoms with Gasteiger partial charge in [-0.1, -0.05) is 48.9 Å². The Balaban J connectivity index is 2.45. The van der Waals surface area contributed by atoms with Crippen molar-refractivity contribution in [1.29, 1.82) is 0 Å². The van der Waals surface area contributed by atoms with Crippen LogP contribution in [0.5, 0.6) is 0 Å². The largest absolute Gasteiger partial charge is 0.294 e. The molecule has 2 aromatic rings. The first-order chi connectivity index (χ1) is 8.61. The Morgan fingerprint density at radius 1 is 1.11 bits per heavy atom. The molecule has 2 aromatic carbocycles. The van der Waals surface area contributed by atoms with E-state index in [9.17, 15) is 4.79 Å². The normalized spacial score (nSPS) is 10.4. The van der Waals surface area contributed by atoms with Crippen LogP contribution in [0.1, 0.15) is 29.8 Å². The maximum atomic E-state index is 11.3. The summed E-state index contributed by atoms with van der Waals surface area (Å²) in [6, 6.07) is 13.9. The predicted octanol–water partition coefficient (Wildman–Crippen LogP) is 4.77. The molecule has 0 fully saturated rings. The second-order valence-electron chi connectivity index (χ2n) is 4.30. The first-order valence-electron chi connectivity index (χ1n) is 6.01. The molecular formula is C16H15ClO. The highest BCUT2D eigenvalue weighted by Crippen LogP contribution is 2.26. The van der Waals surface area contributed by atoms with Gasteiger partial charge < -0.3 is 0 Å². The summed E-state index contributed by atoms with van der Waals surface area (Å²) in [5.41, 5.74) is 4.04. The molecule has 0 aliphatic rings. The fourth-order valence-corrected chi connectivity index (χ4v) is 2.26. The second-order valence-corrected chi connectivity index (χ2v) is 4.71. The van der Waals surface area contributed by atoms with Crippen molar-refractivity contribution in [2.45, 2.75) is 20.3 Å². The Morgan fingerprint density at radius 2 is 1.83 bits per heavy atom. The van der Waals surface area contributed by atoms with Crippen molar-refractivity contribution >= 4 is 17.4 Å². The molecule has 18 heavy (non-hydrogen) atoms. The summed E-state index contributed by atoms with van der Waals surface area (Å²) in [6.45, 7) is 3.66. The lowest BCUT2D eigenvalue weighted by molar-refractivity contribution is 0.101. The van der Waals surface area contributed by atoms with Crippen LogP contribution in [0.25, 0.3) is 11.1 Å². The van der Waals surface area contributed by atoms with E-state index < -0.39 is 0 Å². The van der Waals surface area contributed by atoms with Crippen LogP contribution in [-0.4, -0.2) is 5.78 Å². The van der Waals surface area contributed by atoms with Gasteiger partial charge in [-0.3, -0.25) is 4.79 Å². The van der Waals surface area contributed by atoms with E-state index >= 15 is 0 Å². The third-order valence-corrected chi connectivity index (χ3v) is 3.33. The van der Waals surface area contributed by atoms with Crippen LogP contribution in [0.15, 0.2) is 42.5 Å². The molecule has 0 amide bonds. The highest BCUT2D eigenvalue weighted by atomic mass is 35.5. The van der Waals surface area contributed by atoms with Crippen molar-refractivity contribution in [2.75, 3.05) is 0 Å². The van der Waals surface area contributed by atoms with Crippen LogP contribution >= 0.6 is 11.6 Å². The zero-order chi connectivity index (χ0) is 13.1. The molecule has 0 bridgehead atoms. The summed E-state index contributed by atoms with van der Waals surface area (Å²) in [7, 11) is 0. The summed E-state index contributed by atoms with van der Waals surface area (Å²) < 4.78 is 0. The Kier molecular flexibility index (Phi) is 3.83. The number of hydrogen-bond donors (Lipinski definition) is 0. The van der Waals surface area contributed by atoms with Gasteiger partial charge in [0, 0.05) is 5.56 Å². The minimum absolute atomic E-state index is 0.00569. The van der Waals surface area contributed by atoms with E-state index in [0.717, 1.165) is 17.5 Å². The number of Topliss-reactive ketones (excluding diaryl/α,β-unsaturated/α-hetero) is 1. The maximum absolute atomic E-state index is 11.3. The van der Waals surface area contributed by atoms with E-state index in [1.807, 2.05) is 18.2 Å². The molecule has 0 N–H and O–H groups in total. The van der Waals surface area contributed by atoms with Crippen LogP contribution in [0.4, 0.5) is 0 Å². The Morgan fingerprint density at radius 3 is 2.44 bits per heavy atom. The molecule has 0 atom stereocenters. The number of carbonyl (C=O) groups is 1. The number of aryl methyl sites for hydroxylation is 1. The maximum Gasteiger partial charge on any atom is 0.161 e. The summed E-state index contributed by atoms with van der Waals surface area (Å²) >= 11 is 6.13. The van der Waals surface area contributed by atoms with Crippen molar-refractivity contribution in [3.63, 3.8) is 0 Å². The fourth-order valence-electron chi connectivity index (χ4n) is 1.95. The monoisotopic (exact) mass is 258 g/mol. The first kappa shape index (κ1) is 12.8. The van der Waals surface area contributed by atoms with E-state index in [1.165, 1.54) is 12.5 Å². The Labute approximate surface area is 112 Å². The van der Waals surface area contributed by atoms with Gasteiger partial charge >= 0.3 is 0 Å². The van der Waals surface area contributed by atoms with E-state index in [2.05, 4.69) is 25.1 Å². The van der Waals surface area contributed by atoms with Crippen molar-refractivity contribution in [3.05, 3.63) is 58.6 Å². The van der Waals surface area contributed by atoms with E-state index in [1.54, 1.807) is 6.07 Å². The van der Waals surface area contributed by atoms with E-state index in [-0.39, 0.29) is 5.78 Å². The third kappa shape index (κ3) is 2.62.